The maximum atomic E-state index is 13.4. The van der Waals surface area contributed by atoms with Gasteiger partial charge < -0.3 is 4.90 Å². The van der Waals surface area contributed by atoms with Crippen LogP contribution in [0.25, 0.3) is 22.6 Å². The number of hydrogen-bond donors (Lipinski definition) is 0. The molecule has 0 radical (unpaired) electrons. The summed E-state index contributed by atoms with van der Waals surface area (Å²) in [6.45, 7) is 3.08. The summed E-state index contributed by atoms with van der Waals surface area (Å²) in [7, 11) is 0. The average Bonchev–Trinajstić information content (AvgIpc) is 3.08. The van der Waals surface area contributed by atoms with Crippen LogP contribution in [0.2, 0.25) is 0 Å². The lowest BCUT2D eigenvalue weighted by atomic mass is 10.1. The van der Waals surface area contributed by atoms with E-state index in [1.54, 1.807) is 16.7 Å². The van der Waals surface area contributed by atoms with Crippen molar-refractivity contribution in [1.29, 1.82) is 0 Å². The lowest BCUT2D eigenvalue weighted by Gasteiger charge is -2.15. The summed E-state index contributed by atoms with van der Waals surface area (Å²) in [6.07, 6.45) is 2.63. The van der Waals surface area contributed by atoms with Crippen molar-refractivity contribution in [1.82, 2.24) is 9.55 Å². The fraction of sp³-hybridized carbons (Fsp3) is 0.148. The first-order chi connectivity index (χ1) is 15.7. The van der Waals surface area contributed by atoms with Gasteiger partial charge in [0.1, 0.15) is 5.82 Å². The van der Waals surface area contributed by atoms with E-state index in [1.807, 2.05) is 77.7 Å². The Kier molecular flexibility index (Phi) is 5.15. The molecule has 0 saturated heterocycles. The van der Waals surface area contributed by atoms with Crippen LogP contribution in [0.15, 0.2) is 83.7 Å². The van der Waals surface area contributed by atoms with Crippen molar-refractivity contribution >= 4 is 34.1 Å². The molecule has 5 heteroatoms. The summed E-state index contributed by atoms with van der Waals surface area (Å²) in [6, 6.07) is 24.9. The van der Waals surface area contributed by atoms with E-state index in [9.17, 15) is 9.59 Å². The number of fused-ring (bicyclic) bond motifs is 2. The van der Waals surface area contributed by atoms with E-state index in [0.29, 0.717) is 35.4 Å². The predicted octanol–water partition coefficient (Wildman–Crippen LogP) is 4.74. The molecule has 2 heterocycles. The minimum Gasteiger partial charge on any atom is -0.308 e. The summed E-state index contributed by atoms with van der Waals surface area (Å²) in [5, 5.41) is 0.566. The van der Waals surface area contributed by atoms with E-state index in [1.165, 1.54) is 0 Å². The van der Waals surface area contributed by atoms with E-state index < -0.39 is 0 Å². The van der Waals surface area contributed by atoms with Gasteiger partial charge in [-0.3, -0.25) is 14.2 Å². The van der Waals surface area contributed by atoms with Crippen LogP contribution >= 0.6 is 0 Å². The third-order valence-corrected chi connectivity index (χ3v) is 5.76. The van der Waals surface area contributed by atoms with Gasteiger partial charge in [-0.25, -0.2) is 4.98 Å². The standard InChI is InChI=1S/C27H23N3O2/c1-2-16-29-24-15-9-7-12-20(24)22(27(29)32)17-25-28-23-14-8-6-13-21(23)26(31)30(25)18-19-10-4-3-5-11-19/h3-15,17H,2,16,18H2,1H3/b22-17-. The highest BCUT2D eigenvalue weighted by Gasteiger charge is 2.31. The van der Waals surface area contributed by atoms with Crippen molar-refractivity contribution in [3.63, 3.8) is 0 Å². The van der Waals surface area contributed by atoms with Gasteiger partial charge in [0, 0.05) is 12.1 Å². The van der Waals surface area contributed by atoms with Gasteiger partial charge in [0.15, 0.2) is 0 Å². The summed E-state index contributed by atoms with van der Waals surface area (Å²) in [4.78, 5) is 33.3. The molecule has 4 aromatic rings. The molecule has 0 fully saturated rings. The molecule has 1 aliphatic heterocycles. The number of amides is 1. The van der Waals surface area contributed by atoms with Gasteiger partial charge >= 0.3 is 0 Å². The fourth-order valence-electron chi connectivity index (χ4n) is 4.24. The Morgan fingerprint density at radius 3 is 2.41 bits per heavy atom. The lowest BCUT2D eigenvalue weighted by molar-refractivity contribution is -0.113. The van der Waals surface area contributed by atoms with E-state index in [2.05, 4.69) is 6.92 Å². The molecule has 158 valence electrons. The molecule has 1 aliphatic rings. The van der Waals surface area contributed by atoms with Gasteiger partial charge in [0.05, 0.1) is 28.7 Å². The lowest BCUT2D eigenvalue weighted by Crippen LogP contribution is -2.27. The highest BCUT2D eigenvalue weighted by molar-refractivity contribution is 6.35. The van der Waals surface area contributed by atoms with Crippen molar-refractivity contribution in [3.05, 3.63) is 106 Å². The van der Waals surface area contributed by atoms with Gasteiger partial charge in [-0.05, 0) is 36.3 Å². The van der Waals surface area contributed by atoms with E-state index in [0.717, 1.165) is 23.2 Å². The second-order valence-electron chi connectivity index (χ2n) is 7.90. The number of carbonyl (C=O) groups is 1. The molecule has 5 rings (SSSR count). The Bertz CT molecular complexity index is 1400. The fourth-order valence-corrected chi connectivity index (χ4v) is 4.24. The number of carbonyl (C=O) groups excluding carboxylic acids is 1. The summed E-state index contributed by atoms with van der Waals surface area (Å²) in [5.41, 5.74) is 3.85. The summed E-state index contributed by atoms with van der Waals surface area (Å²) < 4.78 is 1.66. The first-order valence-corrected chi connectivity index (χ1v) is 10.8. The SMILES string of the molecule is CCCN1C(=O)/C(=C\c2nc3ccccc3c(=O)n2Cc2ccccc2)c2ccccc21. The summed E-state index contributed by atoms with van der Waals surface area (Å²) in [5.74, 6) is 0.427. The van der Waals surface area contributed by atoms with Gasteiger partial charge in [-0.2, -0.15) is 0 Å². The van der Waals surface area contributed by atoms with Crippen LogP contribution in [0.3, 0.4) is 0 Å². The Hall–Kier alpha value is -3.99. The highest BCUT2D eigenvalue weighted by Crippen LogP contribution is 2.37. The van der Waals surface area contributed by atoms with Crippen molar-refractivity contribution in [2.24, 2.45) is 0 Å². The third kappa shape index (κ3) is 3.42. The number of anilines is 1. The Labute approximate surface area is 186 Å². The molecule has 0 atom stereocenters. The van der Waals surface area contributed by atoms with Gasteiger partial charge in [0.2, 0.25) is 0 Å². The van der Waals surface area contributed by atoms with E-state index in [4.69, 9.17) is 4.98 Å². The topological polar surface area (TPSA) is 55.2 Å². The zero-order valence-electron chi connectivity index (χ0n) is 17.9. The van der Waals surface area contributed by atoms with Crippen LogP contribution in [0.1, 0.15) is 30.3 Å². The quantitative estimate of drug-likeness (QED) is 0.437. The molecule has 3 aromatic carbocycles. The van der Waals surface area contributed by atoms with Crippen molar-refractivity contribution in [2.45, 2.75) is 19.9 Å². The zero-order valence-corrected chi connectivity index (χ0v) is 17.9. The summed E-state index contributed by atoms with van der Waals surface area (Å²) >= 11 is 0. The van der Waals surface area contributed by atoms with Crippen molar-refractivity contribution in [3.8, 4) is 0 Å². The minimum absolute atomic E-state index is 0.0540. The molecular formula is C27H23N3O2. The number of hydrogen-bond acceptors (Lipinski definition) is 3. The smallest absolute Gasteiger partial charge is 0.261 e. The monoisotopic (exact) mass is 421 g/mol. The normalized spacial score (nSPS) is 14.3. The van der Waals surface area contributed by atoms with Gasteiger partial charge in [0.25, 0.3) is 11.5 Å². The number of aromatic nitrogens is 2. The molecule has 32 heavy (non-hydrogen) atoms. The van der Waals surface area contributed by atoms with Crippen molar-refractivity contribution < 1.29 is 4.79 Å². The Morgan fingerprint density at radius 2 is 1.59 bits per heavy atom. The van der Waals surface area contributed by atoms with Crippen LogP contribution in [-0.2, 0) is 11.3 Å². The highest BCUT2D eigenvalue weighted by atomic mass is 16.2. The maximum Gasteiger partial charge on any atom is 0.261 e. The number of rotatable bonds is 5. The molecular weight excluding hydrogens is 398 g/mol. The number of nitrogens with zero attached hydrogens (tertiary/aromatic N) is 3. The predicted molar refractivity (Wildman–Crippen MR) is 129 cm³/mol. The minimum atomic E-state index is -0.115. The van der Waals surface area contributed by atoms with Crippen LogP contribution in [0, 0.1) is 0 Å². The Morgan fingerprint density at radius 1 is 0.875 bits per heavy atom. The second-order valence-corrected chi connectivity index (χ2v) is 7.90. The van der Waals surface area contributed by atoms with E-state index >= 15 is 0 Å². The molecule has 0 spiro atoms. The first-order valence-electron chi connectivity index (χ1n) is 10.8. The molecule has 0 unspecified atom stereocenters. The van der Waals surface area contributed by atoms with Crippen LogP contribution in [-0.4, -0.2) is 22.0 Å². The van der Waals surface area contributed by atoms with Crippen LogP contribution in [0.4, 0.5) is 5.69 Å². The molecule has 0 bridgehead atoms. The van der Waals surface area contributed by atoms with E-state index in [-0.39, 0.29) is 11.5 Å². The molecule has 1 amide bonds. The molecule has 0 aliphatic carbocycles. The molecule has 0 N–H and O–H groups in total. The third-order valence-electron chi connectivity index (χ3n) is 5.76. The van der Waals surface area contributed by atoms with Crippen LogP contribution < -0.4 is 10.5 Å². The first kappa shape index (κ1) is 19.9. The van der Waals surface area contributed by atoms with Gasteiger partial charge in [-0.1, -0.05) is 67.6 Å². The largest absolute Gasteiger partial charge is 0.308 e. The van der Waals surface area contributed by atoms with Crippen molar-refractivity contribution in [2.75, 3.05) is 11.4 Å². The Balaban J connectivity index is 1.72. The maximum absolute atomic E-state index is 13.4. The molecule has 0 saturated carbocycles. The second kappa shape index (κ2) is 8.27. The molecule has 1 aromatic heterocycles. The van der Waals surface area contributed by atoms with Crippen LogP contribution in [0.5, 0.6) is 0 Å². The average molecular weight is 422 g/mol. The number of para-hydroxylation sites is 2. The van der Waals surface area contributed by atoms with Gasteiger partial charge in [-0.15, -0.1) is 0 Å². The number of benzene rings is 3. The zero-order chi connectivity index (χ0) is 22.1. The molecule has 5 nitrogen and oxygen atoms in total.